The number of fused-ring (bicyclic) bond motifs is 2. The quantitative estimate of drug-likeness (QED) is 0.406. The van der Waals surface area contributed by atoms with Crippen molar-refractivity contribution in [1.29, 1.82) is 0 Å². The zero-order chi connectivity index (χ0) is 23.2. The van der Waals surface area contributed by atoms with E-state index in [1.165, 1.54) is 12.4 Å². The second-order valence-electron chi connectivity index (χ2n) is 8.07. The van der Waals surface area contributed by atoms with Gasteiger partial charge in [0, 0.05) is 18.8 Å². The number of phenolic OH excluding ortho intramolecular Hbond substituents is 2. The van der Waals surface area contributed by atoms with Crippen molar-refractivity contribution in [2.45, 2.75) is 32.4 Å². The number of benzene rings is 2. The first-order chi connectivity index (χ1) is 15.1. The van der Waals surface area contributed by atoms with E-state index in [9.17, 15) is 24.6 Å². The monoisotopic (exact) mass is 436 g/mol. The van der Waals surface area contributed by atoms with Gasteiger partial charge in [-0.3, -0.25) is 14.5 Å². The number of hydrogen-bond donors (Lipinski definition) is 3. The molecule has 10 nitrogen and oxygen atoms in total. The van der Waals surface area contributed by atoms with Crippen molar-refractivity contribution in [2.75, 3.05) is 0 Å². The summed E-state index contributed by atoms with van der Waals surface area (Å²) in [6, 6.07) is 7.05. The molecule has 4 rings (SSSR count). The summed E-state index contributed by atoms with van der Waals surface area (Å²) in [5.41, 5.74) is 5.11. The van der Waals surface area contributed by atoms with Crippen LogP contribution in [0.3, 0.4) is 0 Å². The molecule has 1 aliphatic rings. The van der Waals surface area contributed by atoms with E-state index in [0.29, 0.717) is 12.0 Å². The van der Waals surface area contributed by atoms with Crippen molar-refractivity contribution in [3.05, 3.63) is 58.9 Å². The van der Waals surface area contributed by atoms with Crippen molar-refractivity contribution in [2.24, 2.45) is 5.73 Å². The first-order valence-corrected chi connectivity index (χ1v) is 9.70. The number of aromatic nitrogens is 2. The molecular weight excluding hydrogens is 416 g/mol. The number of primary amides is 1. The number of carbonyl (C=O) groups is 3. The molecule has 2 heterocycles. The van der Waals surface area contributed by atoms with Crippen LogP contribution in [0.25, 0.3) is 11.0 Å². The molecule has 164 valence electrons. The summed E-state index contributed by atoms with van der Waals surface area (Å²) in [6.07, 6.45) is 2.17. The van der Waals surface area contributed by atoms with Gasteiger partial charge in [-0.15, -0.1) is 0 Å². The molecule has 0 fully saturated rings. The van der Waals surface area contributed by atoms with Crippen LogP contribution in [0.1, 0.15) is 45.7 Å². The van der Waals surface area contributed by atoms with E-state index < -0.39 is 35.0 Å². The summed E-state index contributed by atoms with van der Waals surface area (Å²) in [6.45, 7) is 3.40. The van der Waals surface area contributed by atoms with E-state index in [-0.39, 0.29) is 28.7 Å². The Morgan fingerprint density at radius 1 is 0.969 bits per heavy atom. The number of nitrogens with two attached hydrogens (primary N) is 1. The van der Waals surface area contributed by atoms with Gasteiger partial charge in [0.2, 0.25) is 0 Å². The highest BCUT2D eigenvalue weighted by Crippen LogP contribution is 2.42. The third-order valence-electron chi connectivity index (χ3n) is 5.16. The lowest BCUT2D eigenvalue weighted by Crippen LogP contribution is -2.33. The largest absolute Gasteiger partial charge is 0.505 e. The minimum Gasteiger partial charge on any atom is -0.505 e. The highest BCUT2D eigenvalue weighted by Gasteiger charge is 2.42. The van der Waals surface area contributed by atoms with Gasteiger partial charge in [0.1, 0.15) is 27.8 Å². The van der Waals surface area contributed by atoms with Gasteiger partial charge in [-0.05, 0) is 25.0 Å². The number of ether oxygens (including phenoxy) is 1. The smallest absolute Gasteiger partial charge is 0.405 e. The van der Waals surface area contributed by atoms with Gasteiger partial charge in [-0.1, -0.05) is 24.3 Å². The number of rotatable bonds is 5. The lowest BCUT2D eigenvalue weighted by Gasteiger charge is -2.24. The van der Waals surface area contributed by atoms with Gasteiger partial charge in [0.25, 0.3) is 11.8 Å². The van der Waals surface area contributed by atoms with E-state index in [1.54, 1.807) is 38.1 Å². The van der Waals surface area contributed by atoms with Crippen LogP contribution in [0.5, 0.6) is 11.5 Å². The number of nitrogens with zero attached hydrogens (tertiary/aromatic N) is 3. The maximum atomic E-state index is 12.9. The summed E-state index contributed by atoms with van der Waals surface area (Å²) in [7, 11) is 0. The lowest BCUT2D eigenvalue weighted by molar-refractivity contribution is 0.0460. The zero-order valence-corrected chi connectivity index (χ0v) is 17.3. The highest BCUT2D eigenvalue weighted by molar-refractivity contribution is 6.26. The Balaban J connectivity index is 1.59. The maximum Gasteiger partial charge on any atom is 0.405 e. The third-order valence-corrected chi connectivity index (χ3v) is 5.16. The molecule has 0 saturated heterocycles. The number of amides is 3. The molecule has 1 aliphatic heterocycles. The number of aromatic hydroxyl groups is 2. The van der Waals surface area contributed by atoms with E-state index in [4.69, 9.17) is 10.5 Å². The molecule has 0 saturated carbocycles. The van der Waals surface area contributed by atoms with E-state index in [2.05, 4.69) is 9.97 Å². The van der Waals surface area contributed by atoms with Crippen LogP contribution in [-0.4, -0.2) is 48.6 Å². The van der Waals surface area contributed by atoms with E-state index >= 15 is 0 Å². The summed E-state index contributed by atoms with van der Waals surface area (Å²) in [5.74, 6) is -2.45. The molecule has 3 amide bonds. The minimum absolute atomic E-state index is 0.0584. The van der Waals surface area contributed by atoms with Crippen LogP contribution >= 0.6 is 0 Å². The topological polar surface area (TPSA) is 156 Å². The van der Waals surface area contributed by atoms with Gasteiger partial charge in [0.15, 0.2) is 11.5 Å². The minimum atomic E-state index is -0.859. The first kappa shape index (κ1) is 21.0. The molecule has 1 aromatic heterocycles. The fraction of sp³-hybridized carbons (Fsp3) is 0.227. The molecule has 0 aliphatic carbocycles. The van der Waals surface area contributed by atoms with Crippen LogP contribution in [0.15, 0.2) is 36.7 Å². The van der Waals surface area contributed by atoms with Gasteiger partial charge < -0.3 is 20.7 Å². The Kier molecular flexibility index (Phi) is 4.92. The molecule has 10 heteroatoms. The fourth-order valence-corrected chi connectivity index (χ4v) is 3.83. The SMILES string of the molecule is CC(C)(Cc1ccc(CN2C(=O)c3c(c(O)c4nccnc4c3O)C2=O)cc1)OC(N)=O. The second kappa shape index (κ2) is 7.49. The van der Waals surface area contributed by atoms with E-state index in [0.717, 1.165) is 10.5 Å². The van der Waals surface area contributed by atoms with E-state index in [1.807, 2.05) is 0 Å². The Hall–Kier alpha value is -4.21. The summed E-state index contributed by atoms with van der Waals surface area (Å²) >= 11 is 0. The van der Waals surface area contributed by atoms with Gasteiger partial charge in [0.05, 0.1) is 6.54 Å². The van der Waals surface area contributed by atoms with Crippen molar-refractivity contribution in [1.82, 2.24) is 14.9 Å². The van der Waals surface area contributed by atoms with Crippen LogP contribution < -0.4 is 5.73 Å². The summed E-state index contributed by atoms with van der Waals surface area (Å²) in [4.78, 5) is 45.7. The van der Waals surface area contributed by atoms with Crippen molar-refractivity contribution >= 4 is 28.9 Å². The molecule has 0 unspecified atom stereocenters. The van der Waals surface area contributed by atoms with Gasteiger partial charge in [-0.2, -0.15) is 0 Å². The second-order valence-corrected chi connectivity index (χ2v) is 8.07. The summed E-state index contributed by atoms with van der Waals surface area (Å²) in [5, 5.41) is 21.0. The number of carbonyl (C=O) groups excluding carboxylic acids is 3. The molecule has 4 N–H and O–H groups in total. The molecule has 0 radical (unpaired) electrons. The predicted molar refractivity (Wildman–Crippen MR) is 112 cm³/mol. The van der Waals surface area contributed by atoms with Crippen LogP contribution in [0, 0.1) is 0 Å². The maximum absolute atomic E-state index is 12.9. The average molecular weight is 436 g/mol. The molecule has 0 atom stereocenters. The van der Waals surface area contributed by atoms with Crippen LogP contribution in [0.2, 0.25) is 0 Å². The zero-order valence-electron chi connectivity index (χ0n) is 17.3. The Morgan fingerprint density at radius 3 is 1.91 bits per heavy atom. The first-order valence-electron chi connectivity index (χ1n) is 9.70. The molecule has 2 aromatic carbocycles. The normalized spacial score (nSPS) is 13.5. The number of hydrogen-bond acceptors (Lipinski definition) is 8. The molecule has 3 aromatic rings. The Morgan fingerprint density at radius 2 is 1.44 bits per heavy atom. The number of phenols is 2. The Bertz CT molecular complexity index is 1210. The van der Waals surface area contributed by atoms with Gasteiger partial charge in [-0.25, -0.2) is 14.8 Å². The predicted octanol–water partition coefficient (Wildman–Crippen LogP) is 2.25. The lowest BCUT2D eigenvalue weighted by atomic mass is 9.97. The highest BCUT2D eigenvalue weighted by atomic mass is 16.6. The summed E-state index contributed by atoms with van der Waals surface area (Å²) < 4.78 is 5.08. The standard InChI is InChI=1S/C22H20N4O6/c1-22(2,32-21(23)31)9-11-3-5-12(6-4-11)10-26-19(29)13-14(20(26)30)18(28)16-15(17(13)27)24-7-8-25-16/h3-8,27-28H,9-10H2,1-2H3,(H2,23,31). The number of imide groups is 1. The third kappa shape index (κ3) is 3.55. The van der Waals surface area contributed by atoms with Crippen LogP contribution in [0.4, 0.5) is 4.79 Å². The Labute approximate surface area is 182 Å². The average Bonchev–Trinajstić information content (AvgIpc) is 2.97. The molecule has 32 heavy (non-hydrogen) atoms. The van der Waals surface area contributed by atoms with Crippen molar-refractivity contribution in [3.8, 4) is 11.5 Å². The van der Waals surface area contributed by atoms with Crippen LogP contribution in [-0.2, 0) is 17.7 Å². The molecule has 0 bridgehead atoms. The fourth-order valence-electron chi connectivity index (χ4n) is 3.83. The van der Waals surface area contributed by atoms with Crippen molar-refractivity contribution < 1.29 is 29.3 Å². The molecule has 0 spiro atoms. The molecular formula is C22H20N4O6. The van der Waals surface area contributed by atoms with Gasteiger partial charge >= 0.3 is 6.09 Å². The van der Waals surface area contributed by atoms with Crippen molar-refractivity contribution in [3.63, 3.8) is 0 Å².